The van der Waals surface area contributed by atoms with Crippen molar-refractivity contribution in [3.8, 4) is 0 Å². The molecule has 3 nitrogen and oxygen atoms in total. The fraction of sp³-hybridized carbons (Fsp3) is 0.583. The molecule has 0 aliphatic heterocycles. The molecule has 0 aromatic carbocycles. The molecular formula is C12H19N3. The van der Waals surface area contributed by atoms with E-state index < -0.39 is 0 Å². The Balaban J connectivity index is 1.85. The Morgan fingerprint density at radius 1 is 1.40 bits per heavy atom. The normalized spacial score (nSPS) is 15.9. The zero-order valence-electron chi connectivity index (χ0n) is 9.53. The third kappa shape index (κ3) is 3.61. The lowest BCUT2D eigenvalue weighted by atomic mass is 10.2. The van der Waals surface area contributed by atoms with Crippen molar-refractivity contribution in [2.45, 2.75) is 32.0 Å². The second-order valence-corrected chi connectivity index (χ2v) is 4.55. The molecule has 15 heavy (non-hydrogen) atoms. The van der Waals surface area contributed by atoms with Crippen LogP contribution in [0.3, 0.4) is 0 Å². The van der Waals surface area contributed by atoms with Crippen molar-refractivity contribution in [3.63, 3.8) is 0 Å². The zero-order valence-corrected chi connectivity index (χ0v) is 9.53. The largest absolute Gasteiger partial charge is 0.310 e. The monoisotopic (exact) mass is 205 g/mol. The summed E-state index contributed by atoms with van der Waals surface area (Å²) in [6.07, 6.45) is 4.66. The van der Waals surface area contributed by atoms with E-state index in [1.54, 1.807) is 0 Å². The molecule has 1 fully saturated rings. The van der Waals surface area contributed by atoms with Crippen LogP contribution in [0.5, 0.6) is 0 Å². The van der Waals surface area contributed by atoms with Crippen LogP contribution in [0.2, 0.25) is 0 Å². The topological polar surface area (TPSA) is 28.2 Å². The van der Waals surface area contributed by atoms with Crippen molar-refractivity contribution in [3.05, 3.63) is 29.6 Å². The molecule has 0 atom stereocenters. The molecule has 0 unspecified atom stereocenters. The molecule has 1 aliphatic carbocycles. The smallest absolute Gasteiger partial charge is 0.0543 e. The number of pyridine rings is 1. The summed E-state index contributed by atoms with van der Waals surface area (Å²) in [6.45, 7) is 1.87. The summed E-state index contributed by atoms with van der Waals surface area (Å²) in [5, 5.41) is 3.48. The Labute approximate surface area is 91.5 Å². The van der Waals surface area contributed by atoms with Gasteiger partial charge in [-0.1, -0.05) is 6.07 Å². The van der Waals surface area contributed by atoms with Crippen molar-refractivity contribution in [2.24, 2.45) is 0 Å². The van der Waals surface area contributed by atoms with Crippen LogP contribution < -0.4 is 5.32 Å². The summed E-state index contributed by atoms with van der Waals surface area (Å²) in [4.78, 5) is 6.56. The van der Waals surface area contributed by atoms with Crippen molar-refractivity contribution < 1.29 is 0 Å². The Bertz CT molecular complexity index is 301. The van der Waals surface area contributed by atoms with Gasteiger partial charge in [0, 0.05) is 25.3 Å². The van der Waals surface area contributed by atoms with Gasteiger partial charge in [-0.25, -0.2) is 0 Å². The van der Waals surface area contributed by atoms with Gasteiger partial charge < -0.3 is 10.2 Å². The highest BCUT2D eigenvalue weighted by Gasteiger charge is 2.19. The number of rotatable bonds is 5. The van der Waals surface area contributed by atoms with Crippen LogP contribution in [0.4, 0.5) is 0 Å². The first-order chi connectivity index (χ1) is 7.24. The summed E-state index contributed by atoms with van der Waals surface area (Å²) in [6, 6.07) is 5.05. The van der Waals surface area contributed by atoms with Crippen LogP contribution in [0.1, 0.15) is 24.1 Å². The maximum Gasteiger partial charge on any atom is 0.0543 e. The van der Waals surface area contributed by atoms with Crippen LogP contribution in [-0.4, -0.2) is 30.0 Å². The first kappa shape index (κ1) is 10.6. The Hall–Kier alpha value is -0.930. The van der Waals surface area contributed by atoms with Crippen molar-refractivity contribution >= 4 is 0 Å². The maximum absolute atomic E-state index is 4.44. The fourth-order valence-electron chi connectivity index (χ4n) is 1.53. The summed E-state index contributed by atoms with van der Waals surface area (Å²) in [5.41, 5.74) is 2.42. The summed E-state index contributed by atoms with van der Waals surface area (Å²) in [7, 11) is 4.12. The van der Waals surface area contributed by atoms with Gasteiger partial charge in [0.2, 0.25) is 0 Å². The van der Waals surface area contributed by atoms with E-state index in [2.05, 4.69) is 41.4 Å². The number of aromatic nitrogens is 1. The third-order valence-corrected chi connectivity index (χ3v) is 2.54. The van der Waals surface area contributed by atoms with Gasteiger partial charge in [0.1, 0.15) is 0 Å². The molecule has 1 aromatic heterocycles. The SMILES string of the molecule is CN(C)Cc1ccc(CNC2CC2)cn1. The molecule has 1 heterocycles. The zero-order chi connectivity index (χ0) is 10.7. The van der Waals surface area contributed by atoms with Crippen molar-refractivity contribution in [2.75, 3.05) is 14.1 Å². The van der Waals surface area contributed by atoms with E-state index in [-0.39, 0.29) is 0 Å². The molecule has 0 amide bonds. The minimum atomic E-state index is 0.770. The predicted molar refractivity (Wildman–Crippen MR) is 61.5 cm³/mol. The predicted octanol–water partition coefficient (Wildman–Crippen LogP) is 1.40. The van der Waals surface area contributed by atoms with Gasteiger partial charge in [0.05, 0.1) is 5.69 Å². The van der Waals surface area contributed by atoms with Gasteiger partial charge in [-0.05, 0) is 38.6 Å². The molecule has 82 valence electrons. The lowest BCUT2D eigenvalue weighted by Crippen LogP contribution is -2.16. The summed E-state index contributed by atoms with van der Waals surface area (Å²) in [5.74, 6) is 0. The second-order valence-electron chi connectivity index (χ2n) is 4.55. The van der Waals surface area contributed by atoms with Crippen molar-refractivity contribution in [1.29, 1.82) is 0 Å². The molecule has 0 radical (unpaired) electrons. The quantitative estimate of drug-likeness (QED) is 0.787. The van der Waals surface area contributed by atoms with E-state index in [9.17, 15) is 0 Å². The highest BCUT2D eigenvalue weighted by molar-refractivity contribution is 5.14. The van der Waals surface area contributed by atoms with E-state index in [1.807, 2.05) is 6.20 Å². The van der Waals surface area contributed by atoms with Gasteiger partial charge in [-0.3, -0.25) is 4.98 Å². The van der Waals surface area contributed by atoms with Gasteiger partial charge in [-0.15, -0.1) is 0 Å². The average molecular weight is 205 g/mol. The fourth-order valence-corrected chi connectivity index (χ4v) is 1.53. The lowest BCUT2D eigenvalue weighted by Gasteiger charge is -2.09. The van der Waals surface area contributed by atoms with E-state index >= 15 is 0 Å². The first-order valence-corrected chi connectivity index (χ1v) is 5.56. The van der Waals surface area contributed by atoms with E-state index in [0.717, 1.165) is 24.8 Å². The van der Waals surface area contributed by atoms with Crippen LogP contribution in [0, 0.1) is 0 Å². The van der Waals surface area contributed by atoms with Gasteiger partial charge in [-0.2, -0.15) is 0 Å². The molecule has 0 bridgehead atoms. The molecule has 0 saturated heterocycles. The number of hydrogen-bond donors (Lipinski definition) is 1. The molecule has 1 aliphatic rings. The number of nitrogens with zero attached hydrogens (tertiary/aromatic N) is 2. The molecule has 3 heteroatoms. The lowest BCUT2D eigenvalue weighted by molar-refractivity contribution is 0.397. The molecule has 0 spiro atoms. The third-order valence-electron chi connectivity index (χ3n) is 2.54. The minimum absolute atomic E-state index is 0.770. The molecule has 2 rings (SSSR count). The first-order valence-electron chi connectivity index (χ1n) is 5.56. The number of hydrogen-bond acceptors (Lipinski definition) is 3. The number of nitrogens with one attached hydrogen (secondary N) is 1. The summed E-state index contributed by atoms with van der Waals surface area (Å²) < 4.78 is 0. The summed E-state index contributed by atoms with van der Waals surface area (Å²) >= 11 is 0. The van der Waals surface area contributed by atoms with Crippen molar-refractivity contribution in [1.82, 2.24) is 15.2 Å². The second kappa shape index (κ2) is 4.73. The standard InChI is InChI=1S/C12H19N3/c1-15(2)9-12-4-3-10(8-14-12)7-13-11-5-6-11/h3-4,8,11,13H,5-7,9H2,1-2H3. The van der Waals surface area contributed by atoms with Gasteiger partial charge in [0.15, 0.2) is 0 Å². The molecule has 1 aromatic rings. The Kier molecular flexibility index (Phi) is 3.34. The van der Waals surface area contributed by atoms with Crippen LogP contribution in [0.25, 0.3) is 0 Å². The highest BCUT2D eigenvalue weighted by atomic mass is 15.1. The molecule has 1 saturated carbocycles. The van der Waals surface area contributed by atoms with Gasteiger partial charge in [0.25, 0.3) is 0 Å². The van der Waals surface area contributed by atoms with Crippen LogP contribution in [-0.2, 0) is 13.1 Å². The van der Waals surface area contributed by atoms with Gasteiger partial charge >= 0.3 is 0 Å². The van der Waals surface area contributed by atoms with E-state index in [4.69, 9.17) is 0 Å². The average Bonchev–Trinajstić information content (AvgIpc) is 2.99. The van der Waals surface area contributed by atoms with Crippen LogP contribution in [0.15, 0.2) is 18.3 Å². The van der Waals surface area contributed by atoms with E-state index in [1.165, 1.54) is 18.4 Å². The Morgan fingerprint density at radius 2 is 2.20 bits per heavy atom. The maximum atomic E-state index is 4.44. The molecular weight excluding hydrogens is 186 g/mol. The van der Waals surface area contributed by atoms with Crippen LogP contribution >= 0.6 is 0 Å². The highest BCUT2D eigenvalue weighted by Crippen LogP contribution is 2.19. The molecule has 1 N–H and O–H groups in total. The van der Waals surface area contributed by atoms with E-state index in [0.29, 0.717) is 0 Å². The Morgan fingerprint density at radius 3 is 2.73 bits per heavy atom. The minimum Gasteiger partial charge on any atom is -0.310 e.